The van der Waals surface area contributed by atoms with Crippen molar-refractivity contribution in [1.29, 1.82) is 0 Å². The smallest absolute Gasteiger partial charge is 0.0726 e. The van der Waals surface area contributed by atoms with E-state index in [2.05, 4.69) is 62.6 Å². The summed E-state index contributed by atoms with van der Waals surface area (Å²) in [7, 11) is 0. The van der Waals surface area contributed by atoms with Crippen molar-refractivity contribution in [1.82, 2.24) is 10.3 Å². The molecule has 0 aliphatic rings. The zero-order valence-corrected chi connectivity index (χ0v) is 13.0. The van der Waals surface area contributed by atoms with Gasteiger partial charge < -0.3 is 10.6 Å². The molecule has 1 aromatic carbocycles. The van der Waals surface area contributed by atoms with Crippen molar-refractivity contribution >= 4 is 16.6 Å². The van der Waals surface area contributed by atoms with E-state index < -0.39 is 0 Å². The standard InChI is InChI=1S/C17H25N3/c1-5-10-18-12-13-11-16(20-17(2,3)4)14-8-6-7-9-15(14)19-13/h6-9,11,18H,5,10,12H2,1-4H3,(H,19,20). The Kier molecular flexibility index (Phi) is 4.61. The molecule has 0 spiro atoms. The molecule has 2 aromatic rings. The third-order valence-electron chi connectivity index (χ3n) is 3.01. The van der Waals surface area contributed by atoms with Crippen LogP contribution in [-0.4, -0.2) is 17.1 Å². The fourth-order valence-corrected chi connectivity index (χ4v) is 2.22. The molecule has 0 saturated carbocycles. The minimum absolute atomic E-state index is 0.0399. The molecule has 3 heteroatoms. The summed E-state index contributed by atoms with van der Waals surface area (Å²) in [5.41, 5.74) is 3.34. The second-order valence-electron chi connectivity index (χ2n) is 6.23. The van der Waals surface area contributed by atoms with Gasteiger partial charge >= 0.3 is 0 Å². The summed E-state index contributed by atoms with van der Waals surface area (Å²) in [4.78, 5) is 4.74. The Hall–Kier alpha value is -1.61. The van der Waals surface area contributed by atoms with Gasteiger partial charge in [0.1, 0.15) is 0 Å². The van der Waals surface area contributed by atoms with Gasteiger partial charge in [0.05, 0.1) is 11.2 Å². The molecule has 108 valence electrons. The van der Waals surface area contributed by atoms with Crippen LogP contribution >= 0.6 is 0 Å². The minimum Gasteiger partial charge on any atom is -0.380 e. The molecule has 0 atom stereocenters. The van der Waals surface area contributed by atoms with Crippen LogP contribution in [0.1, 0.15) is 39.8 Å². The first-order valence-corrected chi connectivity index (χ1v) is 7.37. The molecule has 20 heavy (non-hydrogen) atoms. The van der Waals surface area contributed by atoms with Gasteiger partial charge in [-0.1, -0.05) is 25.1 Å². The molecule has 0 aliphatic heterocycles. The fourth-order valence-electron chi connectivity index (χ4n) is 2.22. The van der Waals surface area contributed by atoms with E-state index in [0.29, 0.717) is 0 Å². The number of aromatic nitrogens is 1. The Labute approximate surface area is 121 Å². The molecule has 1 heterocycles. The Morgan fingerprint density at radius 2 is 1.90 bits per heavy atom. The molecule has 0 unspecified atom stereocenters. The lowest BCUT2D eigenvalue weighted by atomic mass is 10.1. The average Bonchev–Trinajstić information content (AvgIpc) is 2.37. The third-order valence-corrected chi connectivity index (χ3v) is 3.01. The lowest BCUT2D eigenvalue weighted by Gasteiger charge is -2.23. The first-order chi connectivity index (χ1) is 9.49. The number of pyridine rings is 1. The summed E-state index contributed by atoms with van der Waals surface area (Å²) >= 11 is 0. The molecule has 0 radical (unpaired) electrons. The molecule has 3 nitrogen and oxygen atoms in total. The Morgan fingerprint density at radius 1 is 1.15 bits per heavy atom. The van der Waals surface area contributed by atoms with Crippen LogP contribution in [0, 0.1) is 0 Å². The van der Waals surface area contributed by atoms with Gasteiger partial charge in [0, 0.05) is 23.2 Å². The van der Waals surface area contributed by atoms with Crippen LogP contribution in [-0.2, 0) is 6.54 Å². The maximum atomic E-state index is 4.74. The largest absolute Gasteiger partial charge is 0.380 e. The molecule has 0 amide bonds. The Balaban J connectivity index is 2.36. The molecule has 2 N–H and O–H groups in total. The van der Waals surface area contributed by atoms with Crippen LogP contribution in [0.4, 0.5) is 5.69 Å². The van der Waals surface area contributed by atoms with Gasteiger partial charge in [0.15, 0.2) is 0 Å². The molecule has 1 aromatic heterocycles. The van der Waals surface area contributed by atoms with Gasteiger partial charge in [0.25, 0.3) is 0 Å². The highest BCUT2D eigenvalue weighted by Gasteiger charge is 2.13. The highest BCUT2D eigenvalue weighted by atomic mass is 15.0. The van der Waals surface area contributed by atoms with Crippen molar-refractivity contribution in [3.8, 4) is 0 Å². The van der Waals surface area contributed by atoms with Gasteiger partial charge in [0.2, 0.25) is 0 Å². The van der Waals surface area contributed by atoms with Crippen molar-refractivity contribution < 1.29 is 0 Å². The monoisotopic (exact) mass is 271 g/mol. The van der Waals surface area contributed by atoms with Crippen LogP contribution in [0.25, 0.3) is 10.9 Å². The summed E-state index contributed by atoms with van der Waals surface area (Å²) < 4.78 is 0. The molecule has 0 aliphatic carbocycles. The predicted molar refractivity (Wildman–Crippen MR) is 87.1 cm³/mol. The van der Waals surface area contributed by atoms with E-state index in [4.69, 9.17) is 4.98 Å². The topological polar surface area (TPSA) is 37.0 Å². The Bertz CT molecular complexity index is 570. The minimum atomic E-state index is 0.0399. The highest BCUT2D eigenvalue weighted by molar-refractivity contribution is 5.91. The van der Waals surface area contributed by atoms with Gasteiger partial charge in [-0.2, -0.15) is 0 Å². The van der Waals surface area contributed by atoms with Crippen molar-refractivity contribution in [2.45, 2.75) is 46.2 Å². The van der Waals surface area contributed by atoms with Crippen molar-refractivity contribution in [2.75, 3.05) is 11.9 Å². The molecule has 0 fully saturated rings. The van der Waals surface area contributed by atoms with Crippen molar-refractivity contribution in [2.24, 2.45) is 0 Å². The van der Waals surface area contributed by atoms with E-state index >= 15 is 0 Å². The first-order valence-electron chi connectivity index (χ1n) is 7.37. The van der Waals surface area contributed by atoms with Crippen molar-refractivity contribution in [3.05, 3.63) is 36.0 Å². The van der Waals surface area contributed by atoms with E-state index in [1.807, 2.05) is 6.07 Å². The zero-order valence-electron chi connectivity index (χ0n) is 13.0. The fraction of sp³-hybridized carbons (Fsp3) is 0.471. The van der Waals surface area contributed by atoms with Crippen LogP contribution in [0.2, 0.25) is 0 Å². The molecule has 0 saturated heterocycles. The number of fused-ring (bicyclic) bond motifs is 1. The summed E-state index contributed by atoms with van der Waals surface area (Å²) in [6.45, 7) is 10.5. The second-order valence-corrected chi connectivity index (χ2v) is 6.23. The zero-order chi connectivity index (χ0) is 14.6. The average molecular weight is 271 g/mol. The molecule has 0 bridgehead atoms. The van der Waals surface area contributed by atoms with E-state index in [1.54, 1.807) is 0 Å². The third kappa shape index (κ3) is 3.94. The normalized spacial score (nSPS) is 11.8. The van der Waals surface area contributed by atoms with Gasteiger partial charge in [-0.05, 0) is 45.9 Å². The number of hydrogen-bond donors (Lipinski definition) is 2. The van der Waals surface area contributed by atoms with Gasteiger partial charge in [-0.15, -0.1) is 0 Å². The summed E-state index contributed by atoms with van der Waals surface area (Å²) in [5.74, 6) is 0. The summed E-state index contributed by atoms with van der Waals surface area (Å²) in [6.07, 6.45) is 1.14. The lowest BCUT2D eigenvalue weighted by Crippen LogP contribution is -2.26. The number of anilines is 1. The van der Waals surface area contributed by atoms with E-state index in [1.165, 1.54) is 5.39 Å². The molecular weight excluding hydrogens is 246 g/mol. The van der Waals surface area contributed by atoms with E-state index in [-0.39, 0.29) is 5.54 Å². The molecule has 2 rings (SSSR count). The lowest BCUT2D eigenvalue weighted by molar-refractivity contribution is 0.633. The van der Waals surface area contributed by atoms with Crippen LogP contribution in [0.5, 0.6) is 0 Å². The number of hydrogen-bond acceptors (Lipinski definition) is 3. The number of benzene rings is 1. The Morgan fingerprint density at radius 3 is 2.60 bits per heavy atom. The highest BCUT2D eigenvalue weighted by Crippen LogP contribution is 2.25. The van der Waals surface area contributed by atoms with Crippen LogP contribution < -0.4 is 10.6 Å². The first kappa shape index (κ1) is 14.8. The second kappa shape index (κ2) is 6.23. The van der Waals surface area contributed by atoms with Crippen LogP contribution in [0.15, 0.2) is 30.3 Å². The van der Waals surface area contributed by atoms with E-state index in [0.717, 1.165) is 36.4 Å². The number of nitrogens with one attached hydrogen (secondary N) is 2. The van der Waals surface area contributed by atoms with Gasteiger partial charge in [-0.25, -0.2) is 0 Å². The quantitative estimate of drug-likeness (QED) is 0.809. The SMILES string of the molecule is CCCNCc1cc(NC(C)(C)C)c2ccccc2n1. The molecular formula is C17H25N3. The number of nitrogens with zero attached hydrogens (tertiary/aromatic N) is 1. The number of rotatable bonds is 5. The van der Waals surface area contributed by atoms with E-state index in [9.17, 15) is 0 Å². The predicted octanol–water partition coefficient (Wildman–Crippen LogP) is 3.94. The summed E-state index contributed by atoms with van der Waals surface area (Å²) in [6, 6.07) is 10.5. The maximum absolute atomic E-state index is 4.74. The number of para-hydroxylation sites is 1. The van der Waals surface area contributed by atoms with Crippen molar-refractivity contribution in [3.63, 3.8) is 0 Å². The van der Waals surface area contributed by atoms with Crippen LogP contribution in [0.3, 0.4) is 0 Å². The summed E-state index contributed by atoms with van der Waals surface area (Å²) in [5, 5.41) is 8.19. The maximum Gasteiger partial charge on any atom is 0.0726 e. The van der Waals surface area contributed by atoms with Gasteiger partial charge in [-0.3, -0.25) is 4.98 Å².